The summed E-state index contributed by atoms with van der Waals surface area (Å²) in [4.78, 5) is 11.1. The maximum Gasteiger partial charge on any atom is 0.337 e. The summed E-state index contributed by atoms with van der Waals surface area (Å²) >= 11 is 6.00. The number of carboxylic acids is 1. The van der Waals surface area contributed by atoms with Crippen LogP contribution in [0.2, 0.25) is 5.02 Å². The minimum Gasteiger partial charge on any atom is -0.478 e. The molecule has 7 heteroatoms. The van der Waals surface area contributed by atoms with Crippen molar-refractivity contribution in [3.8, 4) is 0 Å². The van der Waals surface area contributed by atoms with Gasteiger partial charge in [-0.05, 0) is 12.1 Å². The van der Waals surface area contributed by atoms with E-state index in [1.165, 1.54) is 12.1 Å². The van der Waals surface area contributed by atoms with E-state index in [1.54, 1.807) is 24.1 Å². The van der Waals surface area contributed by atoms with Crippen molar-refractivity contribution in [2.24, 2.45) is 7.05 Å². The van der Waals surface area contributed by atoms with E-state index in [9.17, 15) is 4.79 Å². The molecular formula is C11H11ClN4O2. The number of carboxylic acid groups (broad SMARTS) is 1. The number of nitrogens with one attached hydrogen (secondary N) is 1. The monoisotopic (exact) mass is 266 g/mol. The highest BCUT2D eigenvalue weighted by Gasteiger charge is 2.15. The molecular weight excluding hydrogens is 256 g/mol. The minimum atomic E-state index is -1.10. The van der Waals surface area contributed by atoms with E-state index in [2.05, 4.69) is 10.4 Å². The van der Waals surface area contributed by atoms with Crippen LogP contribution < -0.4 is 11.1 Å². The van der Waals surface area contributed by atoms with Gasteiger partial charge in [0.15, 0.2) is 0 Å². The number of aromatic nitrogens is 2. The van der Waals surface area contributed by atoms with Crippen LogP contribution in [0.5, 0.6) is 0 Å². The number of nitrogen functional groups attached to an aromatic ring is 1. The van der Waals surface area contributed by atoms with Crippen LogP contribution in [0.1, 0.15) is 10.4 Å². The zero-order chi connectivity index (χ0) is 13.3. The van der Waals surface area contributed by atoms with E-state index in [0.717, 1.165) is 0 Å². The summed E-state index contributed by atoms with van der Waals surface area (Å²) in [7, 11) is 1.76. The molecule has 94 valence electrons. The first kappa shape index (κ1) is 12.3. The average molecular weight is 267 g/mol. The Morgan fingerprint density at radius 1 is 1.56 bits per heavy atom. The first-order valence-corrected chi connectivity index (χ1v) is 5.43. The molecule has 0 fully saturated rings. The van der Waals surface area contributed by atoms with Gasteiger partial charge < -0.3 is 16.2 Å². The first-order chi connectivity index (χ1) is 8.47. The molecule has 0 saturated heterocycles. The molecule has 1 aromatic carbocycles. The van der Waals surface area contributed by atoms with Crippen molar-refractivity contribution in [3.63, 3.8) is 0 Å². The molecule has 0 radical (unpaired) electrons. The van der Waals surface area contributed by atoms with Crippen LogP contribution in [-0.4, -0.2) is 20.9 Å². The summed E-state index contributed by atoms with van der Waals surface area (Å²) in [5.74, 6) is -1.10. The second kappa shape index (κ2) is 4.58. The third-order valence-corrected chi connectivity index (χ3v) is 2.62. The van der Waals surface area contributed by atoms with Crippen LogP contribution in [0.4, 0.5) is 17.1 Å². The molecule has 0 amide bonds. The lowest BCUT2D eigenvalue weighted by Gasteiger charge is -2.10. The summed E-state index contributed by atoms with van der Waals surface area (Å²) < 4.78 is 1.59. The van der Waals surface area contributed by atoms with Gasteiger partial charge in [-0.1, -0.05) is 11.6 Å². The fourth-order valence-electron chi connectivity index (χ4n) is 1.55. The maximum atomic E-state index is 11.1. The lowest BCUT2D eigenvalue weighted by Crippen LogP contribution is -2.04. The zero-order valence-corrected chi connectivity index (χ0v) is 10.3. The van der Waals surface area contributed by atoms with Gasteiger partial charge in [-0.3, -0.25) is 4.68 Å². The second-order valence-corrected chi connectivity index (χ2v) is 4.17. The molecule has 0 saturated carbocycles. The van der Waals surface area contributed by atoms with Gasteiger partial charge in [0.2, 0.25) is 0 Å². The summed E-state index contributed by atoms with van der Waals surface area (Å²) in [6.07, 6.45) is 3.27. The van der Waals surface area contributed by atoms with E-state index < -0.39 is 5.97 Å². The van der Waals surface area contributed by atoms with Crippen molar-refractivity contribution in [1.82, 2.24) is 9.78 Å². The number of halogens is 1. The Morgan fingerprint density at radius 3 is 2.83 bits per heavy atom. The summed E-state index contributed by atoms with van der Waals surface area (Å²) in [6.45, 7) is 0. The molecule has 4 N–H and O–H groups in total. The number of aryl methyl sites for hydroxylation is 1. The quantitative estimate of drug-likeness (QED) is 0.740. The number of anilines is 3. The largest absolute Gasteiger partial charge is 0.478 e. The molecule has 0 aliphatic rings. The Bertz CT molecular complexity index is 609. The molecule has 0 bridgehead atoms. The predicted octanol–water partition coefficient (Wildman–Crippen LogP) is 2.10. The summed E-state index contributed by atoms with van der Waals surface area (Å²) in [5.41, 5.74) is 6.83. The topological polar surface area (TPSA) is 93.2 Å². The van der Waals surface area contributed by atoms with Gasteiger partial charge >= 0.3 is 5.97 Å². The predicted molar refractivity (Wildman–Crippen MR) is 69.3 cm³/mol. The van der Waals surface area contributed by atoms with Crippen molar-refractivity contribution in [2.75, 3.05) is 11.1 Å². The van der Waals surface area contributed by atoms with Gasteiger partial charge in [0.25, 0.3) is 0 Å². The van der Waals surface area contributed by atoms with Gasteiger partial charge in [-0.15, -0.1) is 0 Å². The van der Waals surface area contributed by atoms with E-state index in [4.69, 9.17) is 22.4 Å². The van der Waals surface area contributed by atoms with E-state index in [-0.39, 0.29) is 10.6 Å². The van der Waals surface area contributed by atoms with Crippen LogP contribution in [0, 0.1) is 0 Å². The third kappa shape index (κ3) is 2.38. The molecule has 1 aromatic heterocycles. The van der Waals surface area contributed by atoms with Crippen LogP contribution in [0.3, 0.4) is 0 Å². The first-order valence-electron chi connectivity index (χ1n) is 5.05. The number of nitrogens with two attached hydrogens (primary N) is 1. The number of carbonyl (C=O) groups is 1. The number of aromatic carboxylic acids is 1. The number of hydrogen-bond acceptors (Lipinski definition) is 4. The van der Waals surface area contributed by atoms with E-state index in [1.807, 2.05) is 0 Å². The Hall–Kier alpha value is -2.21. The number of hydrogen-bond donors (Lipinski definition) is 3. The van der Waals surface area contributed by atoms with Crippen molar-refractivity contribution in [3.05, 3.63) is 35.1 Å². The molecule has 1 heterocycles. The molecule has 0 atom stereocenters. The molecule has 2 rings (SSSR count). The van der Waals surface area contributed by atoms with Crippen molar-refractivity contribution in [1.29, 1.82) is 0 Å². The van der Waals surface area contributed by atoms with Gasteiger partial charge in [-0.25, -0.2) is 4.79 Å². The lowest BCUT2D eigenvalue weighted by atomic mass is 10.1. The van der Waals surface area contributed by atoms with Gasteiger partial charge in [0.05, 0.1) is 28.2 Å². The van der Waals surface area contributed by atoms with Crippen LogP contribution >= 0.6 is 11.6 Å². The number of benzene rings is 1. The molecule has 18 heavy (non-hydrogen) atoms. The standard InChI is InChI=1S/C11H11ClN4O2/c1-16-5-7(4-14-16)15-10-8(11(17)18)2-6(13)3-9(10)12/h2-5,15H,13H2,1H3,(H,17,18). The Kier molecular flexibility index (Phi) is 3.12. The van der Waals surface area contributed by atoms with Crippen LogP contribution in [0.25, 0.3) is 0 Å². The SMILES string of the molecule is Cn1cc(Nc2c(Cl)cc(N)cc2C(=O)O)cn1. The molecule has 0 aliphatic carbocycles. The highest BCUT2D eigenvalue weighted by molar-refractivity contribution is 6.34. The van der Waals surface area contributed by atoms with Crippen LogP contribution in [-0.2, 0) is 7.05 Å². The number of rotatable bonds is 3. The van der Waals surface area contributed by atoms with E-state index >= 15 is 0 Å². The minimum absolute atomic E-state index is 0.0175. The average Bonchev–Trinajstić information content (AvgIpc) is 2.67. The Morgan fingerprint density at radius 2 is 2.28 bits per heavy atom. The van der Waals surface area contributed by atoms with Crippen molar-refractivity contribution in [2.45, 2.75) is 0 Å². The second-order valence-electron chi connectivity index (χ2n) is 3.76. The van der Waals surface area contributed by atoms with Gasteiger partial charge in [0.1, 0.15) is 0 Å². The fourth-order valence-corrected chi connectivity index (χ4v) is 1.83. The van der Waals surface area contributed by atoms with Gasteiger partial charge in [-0.2, -0.15) is 5.10 Å². The highest BCUT2D eigenvalue weighted by atomic mass is 35.5. The highest BCUT2D eigenvalue weighted by Crippen LogP contribution is 2.31. The third-order valence-electron chi connectivity index (χ3n) is 2.32. The number of nitrogens with zero attached hydrogens (tertiary/aromatic N) is 2. The Balaban J connectivity index is 2.46. The normalized spacial score (nSPS) is 10.3. The molecule has 0 unspecified atom stereocenters. The summed E-state index contributed by atoms with van der Waals surface area (Å²) in [6, 6.07) is 2.85. The Labute approximate surface area is 108 Å². The molecule has 0 aliphatic heterocycles. The van der Waals surface area contributed by atoms with Crippen LogP contribution in [0.15, 0.2) is 24.5 Å². The maximum absolute atomic E-state index is 11.1. The lowest BCUT2D eigenvalue weighted by molar-refractivity contribution is 0.0698. The molecule has 6 nitrogen and oxygen atoms in total. The van der Waals surface area contributed by atoms with Crippen molar-refractivity contribution < 1.29 is 9.90 Å². The zero-order valence-electron chi connectivity index (χ0n) is 9.51. The van der Waals surface area contributed by atoms with E-state index in [0.29, 0.717) is 17.1 Å². The smallest absolute Gasteiger partial charge is 0.337 e. The fraction of sp³-hybridized carbons (Fsp3) is 0.0909. The molecule has 2 aromatic rings. The molecule has 0 spiro atoms. The van der Waals surface area contributed by atoms with Gasteiger partial charge in [0, 0.05) is 18.9 Å². The summed E-state index contributed by atoms with van der Waals surface area (Å²) in [5, 5.41) is 16.3. The van der Waals surface area contributed by atoms with Crippen molar-refractivity contribution >= 4 is 34.6 Å².